The molecular formula is C12H15Cl2NO3. The van der Waals surface area contributed by atoms with Crippen molar-refractivity contribution in [2.45, 2.75) is 19.4 Å². The van der Waals surface area contributed by atoms with Gasteiger partial charge in [0.05, 0.1) is 24.7 Å². The van der Waals surface area contributed by atoms with Gasteiger partial charge in [-0.2, -0.15) is 0 Å². The van der Waals surface area contributed by atoms with Crippen LogP contribution in [0.15, 0.2) is 18.2 Å². The van der Waals surface area contributed by atoms with Gasteiger partial charge in [0.2, 0.25) is 5.91 Å². The smallest absolute Gasteiger partial charge is 0.223 e. The van der Waals surface area contributed by atoms with Gasteiger partial charge in [-0.3, -0.25) is 4.79 Å². The molecule has 1 amide bonds. The maximum Gasteiger partial charge on any atom is 0.223 e. The highest BCUT2D eigenvalue weighted by Gasteiger charge is 2.08. The van der Waals surface area contributed by atoms with Crippen LogP contribution in [-0.2, 0) is 4.79 Å². The number of amides is 1. The first-order chi connectivity index (χ1) is 8.54. The molecule has 1 rings (SSSR count). The van der Waals surface area contributed by atoms with Gasteiger partial charge in [-0.15, -0.1) is 0 Å². The topological polar surface area (TPSA) is 58.6 Å². The van der Waals surface area contributed by atoms with Gasteiger partial charge in [0.25, 0.3) is 0 Å². The van der Waals surface area contributed by atoms with Crippen molar-refractivity contribution in [2.75, 3.05) is 13.2 Å². The Hall–Kier alpha value is -0.970. The fourth-order valence-electron chi connectivity index (χ4n) is 1.24. The molecular weight excluding hydrogens is 277 g/mol. The van der Waals surface area contributed by atoms with E-state index in [2.05, 4.69) is 5.32 Å². The largest absolute Gasteiger partial charge is 0.491 e. The summed E-state index contributed by atoms with van der Waals surface area (Å²) in [5, 5.41) is 12.1. The molecule has 0 fully saturated rings. The average molecular weight is 292 g/mol. The molecule has 0 aliphatic carbocycles. The first-order valence-corrected chi connectivity index (χ1v) is 6.27. The molecule has 1 atom stereocenters. The van der Waals surface area contributed by atoms with Crippen molar-refractivity contribution >= 4 is 29.1 Å². The lowest BCUT2D eigenvalue weighted by molar-refractivity contribution is -0.122. The van der Waals surface area contributed by atoms with Crippen LogP contribution in [0, 0.1) is 0 Å². The second kappa shape index (κ2) is 7.46. The number of ether oxygens (including phenoxy) is 1. The molecule has 1 aromatic carbocycles. The molecule has 0 aliphatic heterocycles. The molecule has 0 aliphatic rings. The summed E-state index contributed by atoms with van der Waals surface area (Å²) in [6.45, 7) is 1.82. The Bertz CT molecular complexity index is 412. The quantitative estimate of drug-likeness (QED) is 0.845. The molecule has 0 saturated carbocycles. The van der Waals surface area contributed by atoms with Crippen LogP contribution in [0.25, 0.3) is 0 Å². The van der Waals surface area contributed by atoms with Crippen molar-refractivity contribution in [2.24, 2.45) is 0 Å². The van der Waals surface area contributed by atoms with Crippen LogP contribution in [0.2, 0.25) is 10.0 Å². The van der Waals surface area contributed by atoms with E-state index in [1.165, 1.54) is 0 Å². The van der Waals surface area contributed by atoms with E-state index in [0.29, 0.717) is 15.8 Å². The summed E-state index contributed by atoms with van der Waals surface area (Å²) in [7, 11) is 0. The number of carbonyl (C=O) groups is 1. The van der Waals surface area contributed by atoms with Crippen molar-refractivity contribution in [3.8, 4) is 5.75 Å². The number of nitrogens with one attached hydrogen (secondary N) is 1. The van der Waals surface area contributed by atoms with Crippen LogP contribution in [0.3, 0.4) is 0 Å². The van der Waals surface area contributed by atoms with Gasteiger partial charge in [0.15, 0.2) is 0 Å². The van der Waals surface area contributed by atoms with Crippen LogP contribution >= 0.6 is 23.2 Å². The van der Waals surface area contributed by atoms with E-state index in [4.69, 9.17) is 33.0 Å². The minimum atomic E-state index is -0.257. The molecule has 2 N–H and O–H groups in total. The number of aliphatic hydroxyl groups is 1. The van der Waals surface area contributed by atoms with Gasteiger partial charge < -0.3 is 15.2 Å². The third-order valence-corrected chi connectivity index (χ3v) is 2.99. The van der Waals surface area contributed by atoms with E-state index in [9.17, 15) is 4.79 Å². The van der Waals surface area contributed by atoms with Gasteiger partial charge in [-0.05, 0) is 19.1 Å². The summed E-state index contributed by atoms with van der Waals surface area (Å²) < 4.78 is 5.36. The number of benzene rings is 1. The van der Waals surface area contributed by atoms with Crippen LogP contribution in [0.5, 0.6) is 5.75 Å². The SMILES string of the molecule is CC(CO)NC(=O)CCOc1cccc(Cl)c1Cl. The standard InChI is InChI=1S/C12H15Cl2NO3/c1-8(7-16)15-11(17)5-6-18-10-4-2-3-9(13)12(10)14/h2-4,8,16H,5-7H2,1H3,(H,15,17). The molecule has 4 nitrogen and oxygen atoms in total. The van der Waals surface area contributed by atoms with Gasteiger partial charge >= 0.3 is 0 Å². The molecule has 18 heavy (non-hydrogen) atoms. The van der Waals surface area contributed by atoms with Crippen LogP contribution in [-0.4, -0.2) is 30.3 Å². The van der Waals surface area contributed by atoms with E-state index < -0.39 is 0 Å². The van der Waals surface area contributed by atoms with Crippen molar-refractivity contribution in [1.82, 2.24) is 5.32 Å². The lowest BCUT2D eigenvalue weighted by Gasteiger charge is -2.12. The number of hydrogen-bond donors (Lipinski definition) is 2. The predicted octanol–water partition coefficient (Wildman–Crippen LogP) is 2.26. The number of rotatable bonds is 6. The van der Waals surface area contributed by atoms with Crippen molar-refractivity contribution in [3.63, 3.8) is 0 Å². The van der Waals surface area contributed by atoms with E-state index >= 15 is 0 Å². The lowest BCUT2D eigenvalue weighted by Crippen LogP contribution is -2.35. The zero-order valence-corrected chi connectivity index (χ0v) is 11.5. The minimum absolute atomic E-state index is 0.0906. The first kappa shape index (κ1) is 15.1. The fourth-order valence-corrected chi connectivity index (χ4v) is 1.59. The zero-order chi connectivity index (χ0) is 13.5. The Balaban J connectivity index is 2.38. The zero-order valence-electron chi connectivity index (χ0n) is 9.95. The summed E-state index contributed by atoms with van der Waals surface area (Å²) in [5.41, 5.74) is 0. The maximum atomic E-state index is 11.4. The van der Waals surface area contributed by atoms with Crippen LogP contribution < -0.4 is 10.1 Å². The monoisotopic (exact) mass is 291 g/mol. The third-order valence-electron chi connectivity index (χ3n) is 2.18. The van der Waals surface area contributed by atoms with Crippen LogP contribution in [0.1, 0.15) is 13.3 Å². The lowest BCUT2D eigenvalue weighted by atomic mass is 10.3. The molecule has 0 spiro atoms. The van der Waals surface area contributed by atoms with E-state index in [-0.39, 0.29) is 31.6 Å². The van der Waals surface area contributed by atoms with E-state index in [1.807, 2.05) is 0 Å². The molecule has 100 valence electrons. The molecule has 6 heteroatoms. The highest BCUT2D eigenvalue weighted by atomic mass is 35.5. The van der Waals surface area contributed by atoms with E-state index in [0.717, 1.165) is 0 Å². The average Bonchev–Trinajstić information content (AvgIpc) is 2.34. The number of hydrogen-bond acceptors (Lipinski definition) is 3. The summed E-state index contributed by atoms with van der Waals surface area (Å²) in [6.07, 6.45) is 0.188. The van der Waals surface area contributed by atoms with Crippen molar-refractivity contribution < 1.29 is 14.6 Å². The number of aliphatic hydroxyl groups excluding tert-OH is 1. The fraction of sp³-hybridized carbons (Fsp3) is 0.417. The molecule has 1 unspecified atom stereocenters. The number of carbonyl (C=O) groups excluding carboxylic acids is 1. The Kier molecular flexibility index (Phi) is 6.25. The molecule has 0 aromatic heterocycles. The second-order valence-electron chi connectivity index (χ2n) is 3.80. The second-order valence-corrected chi connectivity index (χ2v) is 4.59. The maximum absolute atomic E-state index is 11.4. The van der Waals surface area contributed by atoms with Gasteiger partial charge in [0, 0.05) is 6.04 Å². The highest BCUT2D eigenvalue weighted by Crippen LogP contribution is 2.31. The summed E-state index contributed by atoms with van der Waals surface area (Å²) in [6, 6.07) is 4.80. The molecule has 0 bridgehead atoms. The molecule has 0 saturated heterocycles. The Labute approximate surface area is 116 Å². The van der Waals surface area contributed by atoms with E-state index in [1.54, 1.807) is 25.1 Å². The highest BCUT2D eigenvalue weighted by molar-refractivity contribution is 6.42. The van der Waals surface area contributed by atoms with Crippen LogP contribution in [0.4, 0.5) is 0 Å². The normalized spacial score (nSPS) is 12.0. The molecule has 0 radical (unpaired) electrons. The Morgan fingerprint density at radius 3 is 2.89 bits per heavy atom. The summed E-state index contributed by atoms with van der Waals surface area (Å²) >= 11 is 11.7. The van der Waals surface area contributed by atoms with Gasteiger partial charge in [0.1, 0.15) is 10.8 Å². The van der Waals surface area contributed by atoms with Crippen molar-refractivity contribution in [1.29, 1.82) is 0 Å². The Morgan fingerprint density at radius 1 is 1.50 bits per heavy atom. The van der Waals surface area contributed by atoms with Gasteiger partial charge in [-0.1, -0.05) is 29.3 Å². The predicted molar refractivity (Wildman–Crippen MR) is 71.3 cm³/mol. The minimum Gasteiger partial charge on any atom is -0.491 e. The molecule has 0 heterocycles. The third kappa shape index (κ3) is 4.72. The summed E-state index contributed by atoms with van der Waals surface area (Å²) in [4.78, 5) is 11.4. The molecule has 1 aromatic rings. The van der Waals surface area contributed by atoms with Crippen molar-refractivity contribution in [3.05, 3.63) is 28.2 Å². The summed E-state index contributed by atoms with van der Waals surface area (Å²) in [5.74, 6) is 0.266. The Morgan fingerprint density at radius 2 is 2.22 bits per heavy atom. The first-order valence-electron chi connectivity index (χ1n) is 5.51. The number of halogens is 2. The van der Waals surface area contributed by atoms with Gasteiger partial charge in [-0.25, -0.2) is 0 Å².